The van der Waals surface area contributed by atoms with Crippen LogP contribution in [0.2, 0.25) is 0 Å². The zero-order chi connectivity index (χ0) is 29.7. The number of likely N-dealkylation sites (tertiary alicyclic amines) is 1. The van der Waals surface area contributed by atoms with Crippen LogP contribution in [0.4, 0.5) is 10.1 Å². The number of aliphatic imine (C=N–C) groups is 2. The van der Waals surface area contributed by atoms with E-state index >= 15 is 4.39 Å². The Morgan fingerprint density at radius 3 is 2.51 bits per heavy atom. The zero-order valence-corrected chi connectivity index (χ0v) is 25.0. The van der Waals surface area contributed by atoms with E-state index in [-0.39, 0.29) is 30.4 Å². The Hall–Kier alpha value is -3.60. The Kier molecular flexibility index (Phi) is 9.57. The van der Waals surface area contributed by atoms with Crippen LogP contribution in [0.15, 0.2) is 52.5 Å². The molecule has 4 N–H and O–H groups in total. The van der Waals surface area contributed by atoms with Crippen LogP contribution in [-0.4, -0.2) is 97.9 Å². The summed E-state index contributed by atoms with van der Waals surface area (Å²) in [4.78, 5) is 28.0. The molecule has 1 atom stereocenters. The molecule has 0 aromatic heterocycles. The Morgan fingerprint density at radius 2 is 1.90 bits per heavy atom. The third-order valence-corrected chi connectivity index (χ3v) is 8.29. The number of nitrogens with two attached hydrogens (primary N) is 1. The van der Waals surface area contributed by atoms with Crippen LogP contribution in [0.3, 0.4) is 0 Å². The van der Waals surface area contributed by atoms with Crippen molar-refractivity contribution < 1.29 is 13.9 Å². The summed E-state index contributed by atoms with van der Waals surface area (Å²) in [5, 5.41) is 6.36. The van der Waals surface area contributed by atoms with Crippen LogP contribution in [0.25, 0.3) is 0 Å². The van der Waals surface area contributed by atoms with Gasteiger partial charge in [0.2, 0.25) is 0 Å². The number of methoxy groups -OCH3 is 1. The molecule has 2 heterocycles. The lowest BCUT2D eigenvalue weighted by molar-refractivity contribution is 0.0916. The summed E-state index contributed by atoms with van der Waals surface area (Å²) >= 11 is 0. The monoisotopic (exact) mass is 568 g/mol. The van der Waals surface area contributed by atoms with Crippen molar-refractivity contribution in [2.24, 2.45) is 15.7 Å². The SMILES string of the molecule is C=C(/N=C1\C(=C/N)N(C)/C(=N/C)C(C)(F)CN1C1CCCC1)Nc1ccc(C(=O)NC2CCN(C)CC2)cc1OC. The smallest absolute Gasteiger partial charge is 0.251 e. The lowest BCUT2D eigenvalue weighted by atomic mass is 10.0. The number of amides is 1. The Bertz CT molecular complexity index is 1210. The topological polar surface area (TPSA) is 111 Å². The summed E-state index contributed by atoms with van der Waals surface area (Å²) in [6.45, 7) is 7.73. The van der Waals surface area contributed by atoms with Gasteiger partial charge in [-0.25, -0.2) is 9.38 Å². The van der Waals surface area contributed by atoms with E-state index in [9.17, 15) is 4.79 Å². The molecule has 1 aliphatic carbocycles. The van der Waals surface area contributed by atoms with Crippen molar-refractivity contribution in [2.45, 2.75) is 63.2 Å². The number of benzene rings is 1. The number of ether oxygens (including phenoxy) is 1. The van der Waals surface area contributed by atoms with Gasteiger partial charge in [0.1, 0.15) is 23.1 Å². The number of likely N-dealkylation sites (N-methyl/N-ethyl adjacent to an activating group) is 1. The number of nitrogens with one attached hydrogen (secondary N) is 2. The third-order valence-electron chi connectivity index (χ3n) is 8.29. The van der Waals surface area contributed by atoms with E-state index in [0.29, 0.717) is 34.4 Å². The van der Waals surface area contributed by atoms with Gasteiger partial charge in [0.25, 0.3) is 5.91 Å². The molecule has 41 heavy (non-hydrogen) atoms. The quantitative estimate of drug-likeness (QED) is 0.461. The molecular formula is C30H45FN8O2. The second-order valence-electron chi connectivity index (χ2n) is 11.4. The molecule has 0 radical (unpaired) electrons. The summed E-state index contributed by atoms with van der Waals surface area (Å²) in [7, 11) is 6.99. The number of halogens is 1. The molecule has 1 unspecified atom stereocenters. The number of piperidine rings is 1. The van der Waals surface area contributed by atoms with Gasteiger partial charge >= 0.3 is 0 Å². The van der Waals surface area contributed by atoms with Crippen LogP contribution in [0, 0.1) is 0 Å². The molecule has 3 fully saturated rings. The number of carbonyl (C=O) groups excluding carboxylic acids is 1. The molecule has 2 aliphatic heterocycles. The van der Waals surface area contributed by atoms with Crippen molar-refractivity contribution >= 4 is 23.3 Å². The van der Waals surface area contributed by atoms with Crippen molar-refractivity contribution in [1.82, 2.24) is 20.0 Å². The van der Waals surface area contributed by atoms with E-state index in [4.69, 9.17) is 15.5 Å². The molecule has 10 nitrogen and oxygen atoms in total. The first-order valence-electron chi connectivity index (χ1n) is 14.4. The molecule has 1 aromatic carbocycles. The first kappa shape index (κ1) is 30.4. The molecule has 11 heteroatoms. The minimum Gasteiger partial charge on any atom is -0.495 e. The van der Waals surface area contributed by atoms with Gasteiger partial charge in [-0.3, -0.25) is 9.79 Å². The number of hydrogen-bond donors (Lipinski definition) is 3. The van der Waals surface area contributed by atoms with Crippen molar-refractivity contribution in [3.8, 4) is 5.75 Å². The Labute approximate surface area is 243 Å². The summed E-state index contributed by atoms with van der Waals surface area (Å²) < 4.78 is 21.7. The highest BCUT2D eigenvalue weighted by Gasteiger charge is 2.44. The predicted octanol–water partition coefficient (Wildman–Crippen LogP) is 3.55. The van der Waals surface area contributed by atoms with E-state index in [1.807, 2.05) is 4.90 Å². The number of alkyl halides is 1. The molecule has 1 saturated carbocycles. The molecule has 4 rings (SSSR count). The van der Waals surface area contributed by atoms with Gasteiger partial charge in [-0.2, -0.15) is 0 Å². The molecular weight excluding hydrogens is 523 g/mol. The fourth-order valence-corrected chi connectivity index (χ4v) is 6.10. The van der Waals surface area contributed by atoms with E-state index in [1.54, 1.807) is 51.2 Å². The van der Waals surface area contributed by atoms with Crippen LogP contribution in [0.1, 0.15) is 55.8 Å². The van der Waals surface area contributed by atoms with Gasteiger partial charge < -0.3 is 35.8 Å². The van der Waals surface area contributed by atoms with E-state index < -0.39 is 5.67 Å². The minimum atomic E-state index is -1.71. The van der Waals surface area contributed by atoms with Gasteiger partial charge in [-0.15, -0.1) is 0 Å². The number of hydrogen-bond acceptors (Lipinski definition) is 7. The van der Waals surface area contributed by atoms with Crippen molar-refractivity contribution in [3.05, 3.63) is 48.1 Å². The lowest BCUT2D eigenvalue weighted by Crippen LogP contribution is -2.48. The maximum atomic E-state index is 16.1. The highest BCUT2D eigenvalue weighted by Crippen LogP contribution is 2.33. The zero-order valence-electron chi connectivity index (χ0n) is 25.0. The number of carbonyl (C=O) groups is 1. The van der Waals surface area contributed by atoms with Crippen LogP contribution in [0.5, 0.6) is 5.75 Å². The maximum absolute atomic E-state index is 16.1. The number of rotatable bonds is 7. The lowest BCUT2D eigenvalue weighted by Gasteiger charge is -2.33. The average Bonchev–Trinajstić information content (AvgIpc) is 3.46. The molecule has 0 bridgehead atoms. The molecule has 0 spiro atoms. The fourth-order valence-electron chi connectivity index (χ4n) is 6.10. The second kappa shape index (κ2) is 12.9. The maximum Gasteiger partial charge on any atom is 0.251 e. The highest BCUT2D eigenvalue weighted by atomic mass is 19.1. The van der Waals surface area contributed by atoms with Crippen LogP contribution in [-0.2, 0) is 0 Å². The van der Waals surface area contributed by atoms with Crippen molar-refractivity contribution in [2.75, 3.05) is 53.2 Å². The molecule has 224 valence electrons. The molecule has 2 saturated heterocycles. The van der Waals surface area contributed by atoms with Crippen LogP contribution < -0.4 is 21.1 Å². The van der Waals surface area contributed by atoms with Crippen LogP contribution >= 0.6 is 0 Å². The Balaban J connectivity index is 1.58. The van der Waals surface area contributed by atoms with Gasteiger partial charge in [0.05, 0.1) is 19.3 Å². The second-order valence-corrected chi connectivity index (χ2v) is 11.4. The average molecular weight is 569 g/mol. The fraction of sp³-hybridized carbons (Fsp3) is 0.567. The normalized spacial score (nSPS) is 26.0. The van der Waals surface area contributed by atoms with Crippen molar-refractivity contribution in [1.29, 1.82) is 0 Å². The van der Waals surface area contributed by atoms with Gasteiger partial charge in [0.15, 0.2) is 11.5 Å². The standard InChI is InChI=1S/C30H45FN8O2/c1-20(34-24-12-11-21(17-26(24)41-6)28(40)36-22-13-15-37(4)16-14-22)35-27-25(18-32)38(5)29(33-3)30(2,31)19-39(27)23-9-7-8-10-23/h11-12,17-18,22-23,34H,1,7-10,13-16,19,32H2,2-6H3,(H,36,40)/b25-18+,33-29+,35-27+. The van der Waals surface area contributed by atoms with Crippen molar-refractivity contribution in [3.63, 3.8) is 0 Å². The van der Waals surface area contributed by atoms with E-state index in [2.05, 4.69) is 34.2 Å². The number of amidine groups is 2. The molecule has 1 aromatic rings. The largest absolute Gasteiger partial charge is 0.495 e. The number of nitrogens with zero attached hydrogens (tertiary/aromatic N) is 5. The van der Waals surface area contributed by atoms with Gasteiger partial charge in [-0.05, 0) is 70.9 Å². The summed E-state index contributed by atoms with van der Waals surface area (Å²) in [6.07, 6.45) is 7.36. The van der Waals surface area contributed by atoms with E-state index in [0.717, 1.165) is 51.6 Å². The predicted molar refractivity (Wildman–Crippen MR) is 163 cm³/mol. The molecule has 3 aliphatic rings. The minimum absolute atomic E-state index is 0.0997. The highest BCUT2D eigenvalue weighted by molar-refractivity contribution is 6.06. The molecule has 1 amide bonds. The summed E-state index contributed by atoms with van der Waals surface area (Å²) in [5.74, 6) is 1.51. The summed E-state index contributed by atoms with van der Waals surface area (Å²) in [6, 6.07) is 5.54. The van der Waals surface area contributed by atoms with Gasteiger partial charge in [0, 0.05) is 37.9 Å². The summed E-state index contributed by atoms with van der Waals surface area (Å²) in [5.41, 5.74) is 6.08. The van der Waals surface area contributed by atoms with E-state index in [1.165, 1.54) is 6.20 Å². The first-order chi connectivity index (χ1) is 19.6. The Morgan fingerprint density at radius 1 is 1.22 bits per heavy atom. The third kappa shape index (κ3) is 6.83. The first-order valence-corrected chi connectivity index (χ1v) is 14.4. The number of anilines is 1. The van der Waals surface area contributed by atoms with Gasteiger partial charge in [-0.1, -0.05) is 19.4 Å².